The number of aliphatic hydroxyl groups excluding tert-OH is 3. The lowest BCUT2D eigenvalue weighted by Gasteiger charge is -2.19. The first kappa shape index (κ1) is 14.4. The first-order chi connectivity index (χ1) is 9.43. The van der Waals surface area contributed by atoms with Gasteiger partial charge in [-0.05, 0) is 0 Å². The van der Waals surface area contributed by atoms with E-state index in [9.17, 15) is 15.0 Å². The van der Waals surface area contributed by atoms with Crippen molar-refractivity contribution in [3.63, 3.8) is 0 Å². The van der Waals surface area contributed by atoms with E-state index in [0.717, 1.165) is 6.07 Å². The summed E-state index contributed by atoms with van der Waals surface area (Å²) >= 11 is 0. The van der Waals surface area contributed by atoms with Gasteiger partial charge in [-0.15, -0.1) is 0 Å². The van der Waals surface area contributed by atoms with Crippen LogP contribution in [0, 0.1) is 0 Å². The minimum Gasteiger partial charge on any atom is -0.394 e. The molecule has 110 valence electrons. The Balaban J connectivity index is 2.43. The Morgan fingerprint density at radius 3 is 2.70 bits per heavy atom. The van der Waals surface area contributed by atoms with Gasteiger partial charge in [-0.25, -0.2) is 0 Å². The number of nitrogens with two attached hydrogens (primary N) is 2. The second-order valence-corrected chi connectivity index (χ2v) is 4.24. The first-order valence-corrected chi connectivity index (χ1v) is 5.75. The van der Waals surface area contributed by atoms with Crippen LogP contribution in [0.25, 0.3) is 0 Å². The van der Waals surface area contributed by atoms with Crippen molar-refractivity contribution in [3.05, 3.63) is 22.6 Å². The van der Waals surface area contributed by atoms with Gasteiger partial charge in [0.25, 0.3) is 5.56 Å². The molecule has 1 aliphatic heterocycles. The molecule has 0 aliphatic carbocycles. The van der Waals surface area contributed by atoms with Crippen LogP contribution in [0.1, 0.15) is 6.23 Å². The molecule has 1 fully saturated rings. The minimum absolute atomic E-state index is 0.174. The van der Waals surface area contributed by atoms with Gasteiger partial charge >= 0.3 is 0 Å². The average Bonchev–Trinajstić information content (AvgIpc) is 2.66. The van der Waals surface area contributed by atoms with Crippen LogP contribution < -0.4 is 17.0 Å². The number of hydrogen-bond acceptors (Lipinski definition) is 7. The quantitative estimate of drug-likeness (QED) is 0.285. The summed E-state index contributed by atoms with van der Waals surface area (Å²) < 4.78 is 6.50. The van der Waals surface area contributed by atoms with Gasteiger partial charge in [0.2, 0.25) is 5.95 Å². The van der Waals surface area contributed by atoms with Crippen molar-refractivity contribution in [3.8, 4) is 0 Å². The topological polar surface area (TPSA) is 169 Å². The third-order valence-corrected chi connectivity index (χ3v) is 2.84. The normalized spacial score (nSPS) is 29.4. The van der Waals surface area contributed by atoms with E-state index >= 15 is 0 Å². The number of aliphatic hydroxyl groups is 3. The third-order valence-electron chi connectivity index (χ3n) is 2.84. The van der Waals surface area contributed by atoms with Crippen LogP contribution in [0.4, 0.5) is 5.95 Å². The van der Waals surface area contributed by atoms with Crippen LogP contribution in [0.3, 0.4) is 0 Å². The molecule has 0 bridgehead atoms. The van der Waals surface area contributed by atoms with E-state index < -0.39 is 36.7 Å². The maximum atomic E-state index is 11.2. The molecule has 1 aromatic heterocycles. The molecule has 10 heteroatoms. The number of hydrogen-bond donors (Lipinski definition) is 5. The number of aliphatic imine (C=N–C) groups is 1. The Morgan fingerprint density at radius 1 is 1.45 bits per heavy atom. The molecule has 4 atom stereocenters. The standard InChI is InChI=1S/C10H15N5O5/c11-9(12)14-10-13-5(17)1-2-15(10)8-7(19)6(18)4(3-16)20-8/h1-2,4,6-8,16,18-19H,3H2,(H4,11,12,13,14,17)/t4-,6-,7-,8?/m1/s1. The maximum absolute atomic E-state index is 11.2. The number of aromatic nitrogens is 2. The summed E-state index contributed by atoms with van der Waals surface area (Å²) in [5, 5.41) is 28.7. The van der Waals surface area contributed by atoms with Crippen molar-refractivity contribution in [2.75, 3.05) is 6.61 Å². The number of nitrogens with zero attached hydrogens (tertiary/aromatic N) is 3. The zero-order valence-corrected chi connectivity index (χ0v) is 10.3. The Bertz CT molecular complexity index is 569. The Labute approximate surface area is 112 Å². The number of rotatable bonds is 3. The molecule has 0 amide bonds. The predicted octanol–water partition coefficient (Wildman–Crippen LogP) is -3.24. The van der Waals surface area contributed by atoms with Crippen molar-refractivity contribution in [1.29, 1.82) is 0 Å². The predicted molar refractivity (Wildman–Crippen MR) is 67.0 cm³/mol. The van der Waals surface area contributed by atoms with Gasteiger partial charge in [-0.1, -0.05) is 0 Å². The molecule has 2 heterocycles. The van der Waals surface area contributed by atoms with Gasteiger partial charge in [0, 0.05) is 12.3 Å². The van der Waals surface area contributed by atoms with Crippen molar-refractivity contribution < 1.29 is 20.1 Å². The van der Waals surface area contributed by atoms with E-state index in [1.54, 1.807) is 0 Å². The van der Waals surface area contributed by atoms with Crippen LogP contribution in [0.5, 0.6) is 0 Å². The fourth-order valence-corrected chi connectivity index (χ4v) is 1.91. The zero-order valence-electron chi connectivity index (χ0n) is 10.3. The van der Waals surface area contributed by atoms with E-state index in [4.69, 9.17) is 21.3 Å². The Morgan fingerprint density at radius 2 is 2.15 bits per heavy atom. The van der Waals surface area contributed by atoms with E-state index in [0.29, 0.717) is 0 Å². The lowest BCUT2D eigenvalue weighted by Crippen LogP contribution is -2.33. The van der Waals surface area contributed by atoms with E-state index in [2.05, 4.69) is 9.98 Å². The van der Waals surface area contributed by atoms with Gasteiger partial charge in [0.15, 0.2) is 12.2 Å². The monoisotopic (exact) mass is 285 g/mol. The first-order valence-electron chi connectivity index (χ1n) is 5.75. The second-order valence-electron chi connectivity index (χ2n) is 4.24. The van der Waals surface area contributed by atoms with Crippen LogP contribution in [-0.4, -0.2) is 55.7 Å². The fraction of sp³-hybridized carbons (Fsp3) is 0.500. The van der Waals surface area contributed by atoms with Crippen LogP contribution in [0.15, 0.2) is 22.1 Å². The lowest BCUT2D eigenvalue weighted by molar-refractivity contribution is -0.0525. The van der Waals surface area contributed by atoms with Crippen molar-refractivity contribution >= 4 is 11.9 Å². The highest BCUT2D eigenvalue weighted by atomic mass is 16.6. The molecule has 0 spiro atoms. The molecular weight excluding hydrogens is 270 g/mol. The van der Waals surface area contributed by atoms with Crippen LogP contribution in [0.2, 0.25) is 0 Å². The second kappa shape index (κ2) is 5.54. The maximum Gasteiger partial charge on any atom is 0.274 e. The lowest BCUT2D eigenvalue weighted by atomic mass is 10.1. The molecule has 7 N–H and O–H groups in total. The largest absolute Gasteiger partial charge is 0.394 e. The van der Waals surface area contributed by atoms with Gasteiger partial charge in [0.05, 0.1) is 6.61 Å². The summed E-state index contributed by atoms with van der Waals surface area (Å²) in [6.45, 7) is -0.472. The SMILES string of the molecule is NC(N)=Nc1nc(=O)ccn1C1O[C@H](CO)[C@@H](O)[C@H]1O. The summed E-state index contributed by atoms with van der Waals surface area (Å²) in [6.07, 6.45) is -3.37. The molecular formula is C10H15N5O5. The van der Waals surface area contributed by atoms with Gasteiger partial charge in [0.1, 0.15) is 18.3 Å². The minimum atomic E-state index is -1.33. The summed E-state index contributed by atoms with van der Waals surface area (Å²) in [4.78, 5) is 18.5. The molecule has 2 rings (SSSR count). The molecule has 1 saturated heterocycles. The van der Waals surface area contributed by atoms with Gasteiger partial charge in [-0.3, -0.25) is 9.36 Å². The fourth-order valence-electron chi connectivity index (χ4n) is 1.91. The van der Waals surface area contributed by atoms with Crippen molar-refractivity contribution in [2.24, 2.45) is 16.5 Å². The highest BCUT2D eigenvalue weighted by Crippen LogP contribution is 2.31. The highest BCUT2D eigenvalue weighted by Gasteiger charge is 2.43. The molecule has 0 saturated carbocycles. The average molecular weight is 285 g/mol. The Hall–Kier alpha value is -2.01. The van der Waals surface area contributed by atoms with Crippen molar-refractivity contribution in [1.82, 2.24) is 9.55 Å². The van der Waals surface area contributed by atoms with E-state index in [1.165, 1.54) is 10.8 Å². The molecule has 10 nitrogen and oxygen atoms in total. The molecule has 0 radical (unpaired) electrons. The summed E-state index contributed by atoms with van der Waals surface area (Å²) in [5.74, 6) is -0.504. The van der Waals surface area contributed by atoms with Crippen molar-refractivity contribution in [2.45, 2.75) is 24.5 Å². The summed E-state index contributed by atoms with van der Waals surface area (Å²) in [7, 11) is 0. The smallest absolute Gasteiger partial charge is 0.274 e. The third kappa shape index (κ3) is 2.63. The van der Waals surface area contributed by atoms with Crippen LogP contribution in [-0.2, 0) is 4.74 Å². The molecule has 1 aliphatic rings. The zero-order chi connectivity index (χ0) is 14.9. The molecule has 0 aromatic carbocycles. The van der Waals surface area contributed by atoms with Gasteiger partial charge < -0.3 is 31.5 Å². The molecule has 1 aromatic rings. The molecule has 1 unspecified atom stereocenters. The van der Waals surface area contributed by atoms with E-state index in [-0.39, 0.29) is 11.9 Å². The number of ether oxygens (including phenoxy) is 1. The molecule has 20 heavy (non-hydrogen) atoms. The van der Waals surface area contributed by atoms with E-state index in [1.807, 2.05) is 0 Å². The summed E-state index contributed by atoms with van der Waals surface area (Å²) in [6, 6.07) is 1.13. The Kier molecular flexibility index (Phi) is 3.99. The number of guanidine groups is 1. The highest BCUT2D eigenvalue weighted by molar-refractivity contribution is 5.77. The summed E-state index contributed by atoms with van der Waals surface area (Å²) in [5.41, 5.74) is 9.90. The van der Waals surface area contributed by atoms with Gasteiger partial charge in [-0.2, -0.15) is 9.98 Å². The van der Waals surface area contributed by atoms with Crippen LogP contribution >= 0.6 is 0 Å².